The van der Waals surface area contributed by atoms with Crippen LogP contribution in [0.5, 0.6) is 0 Å². The number of ether oxygens (including phenoxy) is 1. The predicted molar refractivity (Wildman–Crippen MR) is 81.0 cm³/mol. The number of aromatic nitrogens is 2. The summed E-state index contributed by atoms with van der Waals surface area (Å²) in [6.07, 6.45) is 2.99. The van der Waals surface area contributed by atoms with E-state index in [9.17, 15) is 9.59 Å². The van der Waals surface area contributed by atoms with Crippen LogP contribution in [0.4, 0.5) is 5.82 Å². The third-order valence-electron chi connectivity index (χ3n) is 3.87. The molecule has 1 N–H and O–H groups in total. The van der Waals surface area contributed by atoms with Crippen molar-refractivity contribution in [1.82, 2.24) is 9.78 Å². The Morgan fingerprint density at radius 1 is 1.18 bits per heavy atom. The van der Waals surface area contributed by atoms with Crippen molar-refractivity contribution in [2.45, 2.75) is 19.3 Å². The van der Waals surface area contributed by atoms with E-state index in [1.807, 2.05) is 7.05 Å². The molecule has 1 amide bonds. The van der Waals surface area contributed by atoms with E-state index < -0.39 is 5.97 Å². The van der Waals surface area contributed by atoms with Gasteiger partial charge in [-0.15, -0.1) is 0 Å². The van der Waals surface area contributed by atoms with Crippen molar-refractivity contribution in [1.29, 1.82) is 0 Å². The van der Waals surface area contributed by atoms with Crippen LogP contribution in [-0.4, -0.2) is 28.8 Å². The summed E-state index contributed by atoms with van der Waals surface area (Å²) in [7, 11) is 3.15. The lowest BCUT2D eigenvalue weighted by Crippen LogP contribution is -2.16. The van der Waals surface area contributed by atoms with E-state index in [4.69, 9.17) is 0 Å². The van der Waals surface area contributed by atoms with Gasteiger partial charge in [0.2, 0.25) is 0 Å². The van der Waals surface area contributed by atoms with Gasteiger partial charge >= 0.3 is 5.97 Å². The number of benzene rings is 1. The van der Waals surface area contributed by atoms with Crippen LogP contribution in [-0.2, 0) is 24.6 Å². The quantitative estimate of drug-likeness (QED) is 0.879. The number of fused-ring (bicyclic) bond motifs is 1. The number of rotatable bonds is 3. The molecular weight excluding hydrogens is 282 g/mol. The number of anilines is 1. The molecule has 22 heavy (non-hydrogen) atoms. The fraction of sp³-hybridized carbons (Fsp3) is 0.312. The van der Waals surface area contributed by atoms with E-state index in [-0.39, 0.29) is 5.91 Å². The molecule has 0 saturated heterocycles. The number of nitrogens with one attached hydrogen (secondary N) is 1. The molecule has 0 spiro atoms. The standard InChI is InChI=1S/C16H17N3O3/c1-19-14(12-4-3-5-13(12)18-19)17-15(20)10-6-8-11(9-7-10)16(21)22-2/h6-9H,3-5H2,1-2H3,(H,17,20). The summed E-state index contributed by atoms with van der Waals surface area (Å²) < 4.78 is 6.35. The largest absolute Gasteiger partial charge is 0.465 e. The van der Waals surface area contributed by atoms with Crippen molar-refractivity contribution in [2.24, 2.45) is 7.05 Å². The summed E-state index contributed by atoms with van der Waals surface area (Å²) in [5.74, 6) is 0.125. The van der Waals surface area contributed by atoms with E-state index in [1.54, 1.807) is 28.9 Å². The van der Waals surface area contributed by atoms with E-state index in [1.165, 1.54) is 7.11 Å². The predicted octanol–water partition coefficient (Wildman–Crippen LogP) is 1.95. The number of aryl methyl sites for hydroxylation is 2. The number of carbonyl (C=O) groups is 2. The Balaban J connectivity index is 1.79. The summed E-state index contributed by atoms with van der Waals surface area (Å²) in [6.45, 7) is 0. The number of esters is 1. The minimum Gasteiger partial charge on any atom is -0.465 e. The van der Waals surface area contributed by atoms with Crippen molar-refractivity contribution >= 4 is 17.7 Å². The van der Waals surface area contributed by atoms with Gasteiger partial charge in [-0.3, -0.25) is 9.48 Å². The average molecular weight is 299 g/mol. The van der Waals surface area contributed by atoms with Crippen LogP contribution >= 0.6 is 0 Å². The first-order valence-electron chi connectivity index (χ1n) is 7.14. The van der Waals surface area contributed by atoms with Gasteiger partial charge < -0.3 is 10.1 Å². The molecule has 0 fully saturated rings. The number of methoxy groups -OCH3 is 1. The van der Waals surface area contributed by atoms with Gasteiger partial charge in [-0.2, -0.15) is 5.10 Å². The van der Waals surface area contributed by atoms with Gasteiger partial charge in [0.1, 0.15) is 5.82 Å². The summed E-state index contributed by atoms with van der Waals surface area (Å²) in [4.78, 5) is 23.7. The Labute approximate surface area is 128 Å². The second-order valence-electron chi connectivity index (χ2n) is 5.27. The maximum absolute atomic E-state index is 12.3. The van der Waals surface area contributed by atoms with Gasteiger partial charge in [0.05, 0.1) is 18.4 Å². The van der Waals surface area contributed by atoms with Crippen LogP contribution in [0, 0.1) is 0 Å². The van der Waals surface area contributed by atoms with Gasteiger partial charge in [-0.25, -0.2) is 4.79 Å². The average Bonchev–Trinajstić information content (AvgIpc) is 3.09. The zero-order valence-electron chi connectivity index (χ0n) is 12.5. The minimum absolute atomic E-state index is 0.214. The van der Waals surface area contributed by atoms with Gasteiger partial charge in [-0.05, 0) is 43.5 Å². The van der Waals surface area contributed by atoms with Crippen molar-refractivity contribution < 1.29 is 14.3 Å². The monoisotopic (exact) mass is 299 g/mol. The highest BCUT2D eigenvalue weighted by Crippen LogP contribution is 2.28. The van der Waals surface area contributed by atoms with Crippen molar-refractivity contribution in [3.05, 3.63) is 46.6 Å². The zero-order chi connectivity index (χ0) is 15.7. The molecule has 0 unspecified atom stereocenters. The fourth-order valence-corrected chi connectivity index (χ4v) is 2.73. The molecule has 114 valence electrons. The summed E-state index contributed by atoms with van der Waals surface area (Å²) in [6, 6.07) is 6.37. The topological polar surface area (TPSA) is 73.2 Å². The summed E-state index contributed by atoms with van der Waals surface area (Å²) >= 11 is 0. The Morgan fingerprint density at radius 2 is 1.86 bits per heavy atom. The minimum atomic E-state index is -0.420. The van der Waals surface area contributed by atoms with Crippen molar-refractivity contribution in [2.75, 3.05) is 12.4 Å². The number of hydrogen-bond acceptors (Lipinski definition) is 4. The van der Waals surface area contributed by atoms with E-state index in [0.717, 1.165) is 36.3 Å². The van der Waals surface area contributed by atoms with Crippen LogP contribution in [0.25, 0.3) is 0 Å². The van der Waals surface area contributed by atoms with Gasteiger partial charge in [0, 0.05) is 18.2 Å². The molecule has 1 aromatic heterocycles. The van der Waals surface area contributed by atoms with Crippen LogP contribution in [0.15, 0.2) is 24.3 Å². The highest BCUT2D eigenvalue weighted by atomic mass is 16.5. The Bertz CT molecular complexity index is 732. The molecule has 0 saturated carbocycles. The highest BCUT2D eigenvalue weighted by molar-refractivity contribution is 6.04. The molecule has 6 heteroatoms. The molecule has 3 rings (SSSR count). The smallest absolute Gasteiger partial charge is 0.337 e. The van der Waals surface area contributed by atoms with E-state index in [0.29, 0.717) is 11.1 Å². The van der Waals surface area contributed by atoms with Gasteiger partial charge in [0.25, 0.3) is 5.91 Å². The Morgan fingerprint density at radius 3 is 2.55 bits per heavy atom. The lowest BCUT2D eigenvalue weighted by Gasteiger charge is -2.08. The van der Waals surface area contributed by atoms with Crippen LogP contribution in [0.3, 0.4) is 0 Å². The summed E-state index contributed by atoms with van der Waals surface area (Å²) in [5.41, 5.74) is 3.10. The molecule has 0 aliphatic heterocycles. The lowest BCUT2D eigenvalue weighted by atomic mass is 10.1. The molecule has 6 nitrogen and oxygen atoms in total. The molecule has 0 bridgehead atoms. The second kappa shape index (κ2) is 5.63. The van der Waals surface area contributed by atoms with Crippen molar-refractivity contribution in [3.63, 3.8) is 0 Å². The number of carbonyl (C=O) groups excluding carboxylic acids is 2. The Hall–Kier alpha value is -2.63. The number of amides is 1. The highest BCUT2D eigenvalue weighted by Gasteiger charge is 2.22. The zero-order valence-corrected chi connectivity index (χ0v) is 12.5. The van der Waals surface area contributed by atoms with Crippen molar-refractivity contribution in [3.8, 4) is 0 Å². The van der Waals surface area contributed by atoms with E-state index >= 15 is 0 Å². The van der Waals surface area contributed by atoms with E-state index in [2.05, 4.69) is 15.2 Å². The summed E-state index contributed by atoms with van der Waals surface area (Å²) in [5, 5.41) is 7.34. The van der Waals surface area contributed by atoms with Crippen LogP contribution < -0.4 is 5.32 Å². The first-order chi connectivity index (χ1) is 10.6. The second-order valence-corrected chi connectivity index (χ2v) is 5.27. The molecule has 0 atom stereocenters. The fourth-order valence-electron chi connectivity index (χ4n) is 2.73. The third-order valence-corrected chi connectivity index (χ3v) is 3.87. The molecular formula is C16H17N3O3. The van der Waals surface area contributed by atoms with Crippen LogP contribution in [0.2, 0.25) is 0 Å². The molecule has 1 heterocycles. The molecule has 1 aliphatic rings. The van der Waals surface area contributed by atoms with Gasteiger partial charge in [-0.1, -0.05) is 0 Å². The Kier molecular flexibility index (Phi) is 3.66. The molecule has 0 radical (unpaired) electrons. The molecule has 1 aliphatic carbocycles. The van der Waals surface area contributed by atoms with Crippen LogP contribution in [0.1, 0.15) is 38.4 Å². The first-order valence-corrected chi connectivity index (χ1v) is 7.14. The number of nitrogens with zero attached hydrogens (tertiary/aromatic N) is 2. The molecule has 2 aromatic rings. The normalized spacial score (nSPS) is 12.8. The maximum atomic E-state index is 12.3. The first kappa shape index (κ1) is 14.3. The lowest BCUT2D eigenvalue weighted by molar-refractivity contribution is 0.0600. The maximum Gasteiger partial charge on any atom is 0.337 e. The SMILES string of the molecule is COC(=O)c1ccc(C(=O)Nc2c3c(nn2C)CCC3)cc1. The molecule has 1 aromatic carbocycles. The number of hydrogen-bond donors (Lipinski definition) is 1. The van der Waals surface area contributed by atoms with Gasteiger partial charge in [0.15, 0.2) is 0 Å². The third kappa shape index (κ3) is 2.47.